The summed E-state index contributed by atoms with van der Waals surface area (Å²) in [5, 5.41) is 7.05. The van der Waals surface area contributed by atoms with Crippen LogP contribution in [0.4, 0.5) is 17.6 Å². The van der Waals surface area contributed by atoms with Crippen molar-refractivity contribution >= 4 is 46.9 Å². The fourth-order valence-electron chi connectivity index (χ4n) is 3.40. The van der Waals surface area contributed by atoms with E-state index >= 15 is 0 Å². The topological polar surface area (TPSA) is 92.3 Å². The zero-order chi connectivity index (χ0) is 26.6. The lowest BCUT2D eigenvalue weighted by atomic mass is 10.0. The van der Waals surface area contributed by atoms with Gasteiger partial charge in [-0.1, -0.05) is 36.9 Å². The first-order chi connectivity index (χ1) is 16.5. The van der Waals surface area contributed by atoms with Crippen LogP contribution in [0.25, 0.3) is 0 Å². The average Bonchev–Trinajstić information content (AvgIpc) is 2.79. The van der Waals surface area contributed by atoms with E-state index in [1.807, 2.05) is 39.2 Å². The molecule has 0 aliphatic rings. The summed E-state index contributed by atoms with van der Waals surface area (Å²) in [4.78, 5) is 26.8. The minimum absolute atomic E-state index is 0.0223. The first-order valence-corrected chi connectivity index (χ1v) is 13.5. The molecule has 2 aromatic rings. The summed E-state index contributed by atoms with van der Waals surface area (Å²) >= 11 is 7.26. The van der Waals surface area contributed by atoms with Gasteiger partial charge < -0.3 is 20.3 Å². The predicted molar refractivity (Wildman–Crippen MR) is 149 cm³/mol. The molecular formula is C25H41ClN6O2S. The largest absolute Gasteiger partial charge is 0.383 e. The first kappa shape index (κ1) is 30.9. The van der Waals surface area contributed by atoms with Crippen molar-refractivity contribution in [2.45, 2.75) is 71.6 Å². The Labute approximate surface area is 220 Å². The smallest absolute Gasteiger partial charge is 0.242 e. The third kappa shape index (κ3) is 10.2. The summed E-state index contributed by atoms with van der Waals surface area (Å²) in [5.41, 5.74) is 3.16. The van der Waals surface area contributed by atoms with Gasteiger partial charge in [-0.15, -0.1) is 11.6 Å². The Bertz CT molecular complexity index is 939. The lowest BCUT2D eigenvalue weighted by Crippen LogP contribution is -2.43. The number of hydrogen-bond donors (Lipinski definition) is 2. The second kappa shape index (κ2) is 15.1. The second-order valence-corrected chi connectivity index (χ2v) is 10.1. The van der Waals surface area contributed by atoms with Gasteiger partial charge in [-0.05, 0) is 65.3 Å². The molecular weight excluding hydrogens is 484 g/mol. The number of nitrogens with zero attached hydrogens (tertiary/aromatic N) is 4. The minimum Gasteiger partial charge on any atom is -0.383 e. The number of carbonyl (C=O) groups is 1. The number of methoxy groups -OCH3 is 1. The van der Waals surface area contributed by atoms with Crippen LogP contribution >= 0.6 is 23.4 Å². The van der Waals surface area contributed by atoms with Crippen LogP contribution < -0.4 is 15.5 Å². The van der Waals surface area contributed by atoms with E-state index in [0.29, 0.717) is 18.5 Å². The van der Waals surface area contributed by atoms with Crippen LogP contribution in [0.5, 0.6) is 0 Å². The van der Waals surface area contributed by atoms with Gasteiger partial charge in [-0.3, -0.25) is 4.79 Å². The molecule has 1 heterocycles. The number of carbonyl (C=O) groups excluding carboxylic acids is 1. The maximum atomic E-state index is 12.2. The van der Waals surface area contributed by atoms with E-state index < -0.39 is 0 Å². The molecule has 0 bridgehead atoms. The zero-order valence-electron chi connectivity index (χ0n) is 22.5. The summed E-state index contributed by atoms with van der Waals surface area (Å²) in [6, 6.07) is 6.05. The Morgan fingerprint density at radius 2 is 1.86 bits per heavy atom. The highest BCUT2D eigenvalue weighted by molar-refractivity contribution is 7.98. The minimum atomic E-state index is -0.0878. The van der Waals surface area contributed by atoms with Crippen molar-refractivity contribution in [3.05, 3.63) is 29.3 Å². The van der Waals surface area contributed by atoms with E-state index in [0.717, 1.165) is 34.9 Å². The number of aryl methyl sites for hydroxylation is 2. The molecule has 1 atom stereocenters. The van der Waals surface area contributed by atoms with Crippen LogP contribution in [-0.2, 0) is 16.0 Å². The van der Waals surface area contributed by atoms with Gasteiger partial charge in [0.05, 0.1) is 18.3 Å². The van der Waals surface area contributed by atoms with Crippen molar-refractivity contribution in [1.29, 1.82) is 0 Å². The van der Waals surface area contributed by atoms with Crippen molar-refractivity contribution in [2.24, 2.45) is 0 Å². The van der Waals surface area contributed by atoms with Crippen molar-refractivity contribution in [3.63, 3.8) is 0 Å². The highest BCUT2D eigenvalue weighted by Crippen LogP contribution is 2.28. The van der Waals surface area contributed by atoms with Crippen LogP contribution in [0, 0.1) is 6.92 Å². The second-order valence-electron chi connectivity index (χ2n) is 9.01. The predicted octanol–water partition coefficient (Wildman–Crippen LogP) is 5.40. The molecule has 2 N–H and O–H groups in total. The Kier molecular flexibility index (Phi) is 13.4. The molecule has 0 saturated heterocycles. The number of nitrogens with one attached hydrogen (secondary N) is 2. The summed E-state index contributed by atoms with van der Waals surface area (Å²) in [6.07, 6.45) is 2.83. The van der Waals surface area contributed by atoms with Crippen LogP contribution in [0.3, 0.4) is 0 Å². The number of halogens is 1. The molecule has 35 heavy (non-hydrogen) atoms. The Morgan fingerprint density at radius 1 is 1.20 bits per heavy atom. The SMILES string of the molecule is CCNc1nc(NC(C)(C)C)nc(SC)n1.CCc1cccc(C)c1N(C(=O)CCl)C(C)COC. The molecule has 8 nitrogen and oxygen atoms in total. The molecule has 0 fully saturated rings. The van der Waals surface area contributed by atoms with Gasteiger partial charge in [0.1, 0.15) is 5.88 Å². The average molecular weight is 525 g/mol. The lowest BCUT2D eigenvalue weighted by molar-refractivity contribution is -0.116. The van der Waals surface area contributed by atoms with Crippen LogP contribution in [0.15, 0.2) is 23.4 Å². The monoisotopic (exact) mass is 524 g/mol. The fraction of sp³-hybridized carbons (Fsp3) is 0.600. The molecule has 0 saturated carbocycles. The van der Waals surface area contributed by atoms with Gasteiger partial charge in [0.2, 0.25) is 17.8 Å². The third-order valence-electron chi connectivity index (χ3n) is 4.79. The molecule has 0 aliphatic heterocycles. The van der Waals surface area contributed by atoms with Gasteiger partial charge in [-0.25, -0.2) is 0 Å². The summed E-state index contributed by atoms with van der Waals surface area (Å²) < 4.78 is 5.18. The molecule has 2 rings (SSSR count). The molecule has 1 amide bonds. The molecule has 1 aromatic carbocycles. The summed E-state index contributed by atoms with van der Waals surface area (Å²) in [5.74, 6) is 1.12. The maximum absolute atomic E-state index is 12.2. The molecule has 1 unspecified atom stereocenters. The van der Waals surface area contributed by atoms with E-state index in [4.69, 9.17) is 16.3 Å². The van der Waals surface area contributed by atoms with Crippen molar-refractivity contribution in [1.82, 2.24) is 15.0 Å². The highest BCUT2D eigenvalue weighted by atomic mass is 35.5. The number of para-hydroxylation sites is 1. The Hall–Kier alpha value is -2.10. The van der Waals surface area contributed by atoms with E-state index in [2.05, 4.69) is 59.3 Å². The Morgan fingerprint density at radius 3 is 2.37 bits per heavy atom. The standard InChI is InChI=1S/C15H22ClNO2.C10H19N5S/c1-5-13-8-6-7-11(2)15(13)17(14(18)9-16)12(3)10-19-4;1-6-11-7-12-8(15-10(2,3)4)14-9(13-7)16-5/h6-8,12H,5,9-10H2,1-4H3;6H2,1-5H3,(H2,11,12,13,14,15). The number of ether oxygens (including phenoxy) is 1. The molecule has 0 radical (unpaired) electrons. The van der Waals surface area contributed by atoms with Crippen molar-refractivity contribution < 1.29 is 9.53 Å². The van der Waals surface area contributed by atoms with Gasteiger partial charge in [0.15, 0.2) is 5.16 Å². The van der Waals surface area contributed by atoms with E-state index in [9.17, 15) is 4.79 Å². The number of hydrogen-bond acceptors (Lipinski definition) is 8. The van der Waals surface area contributed by atoms with E-state index in [1.165, 1.54) is 11.8 Å². The molecule has 0 spiro atoms. The van der Waals surface area contributed by atoms with E-state index in [-0.39, 0.29) is 23.4 Å². The highest BCUT2D eigenvalue weighted by Gasteiger charge is 2.24. The van der Waals surface area contributed by atoms with Gasteiger partial charge in [0, 0.05) is 19.2 Å². The van der Waals surface area contributed by atoms with E-state index in [1.54, 1.807) is 12.0 Å². The normalized spacial score (nSPS) is 11.8. The quantitative estimate of drug-likeness (QED) is 0.315. The zero-order valence-corrected chi connectivity index (χ0v) is 24.1. The first-order valence-electron chi connectivity index (χ1n) is 11.8. The molecule has 0 aliphatic carbocycles. The number of rotatable bonds is 10. The van der Waals surface area contributed by atoms with Crippen molar-refractivity contribution in [3.8, 4) is 0 Å². The van der Waals surface area contributed by atoms with Gasteiger partial charge in [0.25, 0.3) is 0 Å². The summed E-state index contributed by atoms with van der Waals surface area (Å²) in [7, 11) is 1.64. The number of amides is 1. The van der Waals surface area contributed by atoms with Crippen molar-refractivity contribution in [2.75, 3.05) is 47.9 Å². The number of benzene rings is 1. The maximum Gasteiger partial charge on any atom is 0.242 e. The van der Waals surface area contributed by atoms with Crippen LogP contribution in [0.1, 0.15) is 52.7 Å². The number of aromatic nitrogens is 3. The van der Waals surface area contributed by atoms with Gasteiger partial charge >= 0.3 is 0 Å². The van der Waals surface area contributed by atoms with Crippen LogP contribution in [0.2, 0.25) is 0 Å². The number of anilines is 3. The molecule has 196 valence electrons. The Balaban J connectivity index is 0.000000355. The number of alkyl halides is 1. The lowest BCUT2D eigenvalue weighted by Gasteiger charge is -2.31. The van der Waals surface area contributed by atoms with Crippen LogP contribution in [-0.4, -0.2) is 64.8 Å². The molecule has 1 aromatic heterocycles. The van der Waals surface area contributed by atoms with Gasteiger partial charge in [-0.2, -0.15) is 15.0 Å². The summed E-state index contributed by atoms with van der Waals surface area (Å²) in [6.45, 7) is 15.6. The third-order valence-corrected chi connectivity index (χ3v) is 5.57. The fourth-order valence-corrected chi connectivity index (χ4v) is 3.88. The molecule has 10 heteroatoms. The number of thioether (sulfide) groups is 1.